The van der Waals surface area contributed by atoms with E-state index in [4.69, 9.17) is 5.73 Å². The van der Waals surface area contributed by atoms with Gasteiger partial charge < -0.3 is 5.73 Å². The van der Waals surface area contributed by atoms with E-state index in [2.05, 4.69) is 22.6 Å². The van der Waals surface area contributed by atoms with Crippen LogP contribution in [0.15, 0.2) is 12.4 Å². The number of nitrogens with zero attached hydrogens (tertiary/aromatic N) is 2. The van der Waals surface area contributed by atoms with Gasteiger partial charge in [-0.3, -0.25) is 9.78 Å². The monoisotopic (exact) mass is 155 g/mol. The average molecular weight is 155 g/mol. The number of hydrogen-bond acceptors (Lipinski definition) is 4. The van der Waals surface area contributed by atoms with Gasteiger partial charge in [-0.2, -0.15) is 0 Å². The van der Waals surface area contributed by atoms with Gasteiger partial charge in [0.25, 0.3) is 0 Å². The Kier molecular flexibility index (Phi) is 1.86. The molecule has 0 unspecified atom stereocenters. The van der Waals surface area contributed by atoms with Crippen LogP contribution in [-0.2, 0) is 0 Å². The molecule has 52 valence electrons. The molecule has 5 heteroatoms. The molecular formula is C5H5N3OS. The first-order valence-corrected chi connectivity index (χ1v) is 2.95. The van der Waals surface area contributed by atoms with Crippen molar-refractivity contribution >= 4 is 23.6 Å². The number of nitrogens with two attached hydrogens (primary N) is 1. The highest BCUT2D eigenvalue weighted by atomic mass is 32.1. The molecule has 0 aliphatic heterocycles. The molecule has 0 atom stereocenters. The van der Waals surface area contributed by atoms with Crippen LogP contribution < -0.4 is 5.73 Å². The van der Waals surface area contributed by atoms with Crippen molar-refractivity contribution in [3.8, 4) is 0 Å². The summed E-state index contributed by atoms with van der Waals surface area (Å²) in [6, 6.07) is 0. The predicted molar refractivity (Wildman–Crippen MR) is 39.8 cm³/mol. The second kappa shape index (κ2) is 2.66. The first-order valence-electron chi connectivity index (χ1n) is 2.51. The molecule has 0 saturated heterocycles. The summed E-state index contributed by atoms with van der Waals surface area (Å²) in [5.74, 6) is 0.222. The summed E-state index contributed by atoms with van der Waals surface area (Å²) in [5, 5.41) is -0.431. The molecule has 0 spiro atoms. The predicted octanol–water partition coefficient (Wildman–Crippen LogP) is 0.129. The van der Waals surface area contributed by atoms with Gasteiger partial charge in [-0.25, -0.2) is 4.98 Å². The molecule has 1 rings (SSSR count). The van der Waals surface area contributed by atoms with E-state index in [0.29, 0.717) is 0 Å². The van der Waals surface area contributed by atoms with Crippen LogP contribution in [-0.4, -0.2) is 15.1 Å². The Hall–Kier alpha value is -1.10. The van der Waals surface area contributed by atoms with E-state index in [1.165, 1.54) is 12.4 Å². The minimum absolute atomic E-state index is 0.170. The summed E-state index contributed by atoms with van der Waals surface area (Å²) in [7, 11) is 0. The summed E-state index contributed by atoms with van der Waals surface area (Å²) >= 11 is 3.54. The molecule has 1 aromatic rings. The van der Waals surface area contributed by atoms with E-state index >= 15 is 0 Å². The van der Waals surface area contributed by atoms with Crippen molar-refractivity contribution in [2.24, 2.45) is 0 Å². The number of carbonyl (C=O) groups excluding carboxylic acids is 1. The van der Waals surface area contributed by atoms with Gasteiger partial charge in [0, 0.05) is 0 Å². The molecule has 0 bridgehead atoms. The number of hydrogen-bond donors (Lipinski definition) is 2. The normalized spacial score (nSPS) is 9.30. The van der Waals surface area contributed by atoms with Crippen LogP contribution in [0.3, 0.4) is 0 Å². The summed E-state index contributed by atoms with van der Waals surface area (Å²) in [5.41, 5.74) is 5.41. The van der Waals surface area contributed by atoms with Crippen molar-refractivity contribution in [2.45, 2.75) is 0 Å². The largest absolute Gasteiger partial charge is 0.382 e. The second-order valence-electron chi connectivity index (χ2n) is 1.63. The van der Waals surface area contributed by atoms with Gasteiger partial charge in [-0.15, -0.1) is 0 Å². The quantitative estimate of drug-likeness (QED) is 0.565. The van der Waals surface area contributed by atoms with Gasteiger partial charge >= 0.3 is 0 Å². The molecule has 0 saturated carbocycles. The van der Waals surface area contributed by atoms with Gasteiger partial charge in [0.2, 0.25) is 5.12 Å². The molecule has 4 nitrogen and oxygen atoms in total. The Morgan fingerprint density at radius 2 is 2.30 bits per heavy atom. The van der Waals surface area contributed by atoms with Crippen LogP contribution in [0.1, 0.15) is 10.5 Å². The molecular weight excluding hydrogens is 150 g/mol. The SMILES string of the molecule is Nc1cncc(C(=O)S)n1. The number of aromatic nitrogens is 2. The van der Waals surface area contributed by atoms with Gasteiger partial charge in [0.05, 0.1) is 12.4 Å². The highest BCUT2D eigenvalue weighted by Gasteiger charge is 2.00. The zero-order valence-electron chi connectivity index (χ0n) is 4.98. The lowest BCUT2D eigenvalue weighted by Crippen LogP contribution is -1.99. The van der Waals surface area contributed by atoms with Gasteiger partial charge in [-0.1, -0.05) is 12.6 Å². The van der Waals surface area contributed by atoms with Crippen LogP contribution >= 0.6 is 12.6 Å². The molecule has 1 aromatic heterocycles. The van der Waals surface area contributed by atoms with Crippen LogP contribution in [0.5, 0.6) is 0 Å². The summed E-state index contributed by atoms with van der Waals surface area (Å²) in [4.78, 5) is 17.8. The van der Waals surface area contributed by atoms with Gasteiger partial charge in [0.1, 0.15) is 11.5 Å². The van der Waals surface area contributed by atoms with Gasteiger partial charge in [-0.05, 0) is 0 Å². The Labute approximate surface area is 62.9 Å². The zero-order valence-corrected chi connectivity index (χ0v) is 5.88. The second-order valence-corrected chi connectivity index (χ2v) is 2.04. The third-order valence-corrected chi connectivity index (χ3v) is 1.10. The standard InChI is InChI=1S/C5H5N3OS/c6-4-2-7-1-3(8-4)5(9)10/h1-2H,(H2,6,8)(H,9,10). The number of thiol groups is 1. The van der Waals surface area contributed by atoms with Crippen LogP contribution in [0.2, 0.25) is 0 Å². The maximum absolute atomic E-state index is 10.5. The Bertz CT molecular complexity index is 263. The fourth-order valence-electron chi connectivity index (χ4n) is 0.484. The molecule has 0 amide bonds. The highest BCUT2D eigenvalue weighted by molar-refractivity contribution is 7.97. The number of nitrogen functional groups attached to an aromatic ring is 1. The maximum atomic E-state index is 10.5. The van der Waals surface area contributed by atoms with Crippen LogP contribution in [0, 0.1) is 0 Å². The Morgan fingerprint density at radius 1 is 1.60 bits per heavy atom. The van der Waals surface area contributed by atoms with Crippen molar-refractivity contribution < 1.29 is 4.79 Å². The van der Waals surface area contributed by atoms with Crippen molar-refractivity contribution in [3.05, 3.63) is 18.1 Å². The Balaban J connectivity index is 3.07. The smallest absolute Gasteiger partial charge is 0.236 e. The molecule has 2 N–H and O–H groups in total. The molecule has 0 aromatic carbocycles. The molecule has 0 radical (unpaired) electrons. The topological polar surface area (TPSA) is 68.9 Å². The minimum atomic E-state index is -0.431. The lowest BCUT2D eigenvalue weighted by molar-refractivity contribution is 0.108. The third kappa shape index (κ3) is 1.44. The lowest BCUT2D eigenvalue weighted by Gasteiger charge is -1.92. The average Bonchev–Trinajstić information content (AvgIpc) is 1.88. The number of carbonyl (C=O) groups is 1. The fraction of sp³-hybridized carbons (Fsp3) is 0. The molecule has 1 heterocycles. The minimum Gasteiger partial charge on any atom is -0.382 e. The number of anilines is 1. The highest BCUT2D eigenvalue weighted by Crippen LogP contribution is 1.99. The van der Waals surface area contributed by atoms with Gasteiger partial charge in [0.15, 0.2) is 0 Å². The first-order chi connectivity index (χ1) is 4.70. The lowest BCUT2D eigenvalue weighted by atomic mass is 10.5. The number of rotatable bonds is 1. The molecule has 0 aliphatic rings. The van der Waals surface area contributed by atoms with Crippen LogP contribution in [0.25, 0.3) is 0 Å². The van der Waals surface area contributed by atoms with Crippen LogP contribution in [0.4, 0.5) is 5.82 Å². The van der Waals surface area contributed by atoms with Crippen molar-refractivity contribution in [2.75, 3.05) is 5.73 Å². The van der Waals surface area contributed by atoms with Crippen molar-refractivity contribution in [1.29, 1.82) is 0 Å². The molecule has 0 aliphatic carbocycles. The molecule has 0 fully saturated rings. The third-order valence-electron chi connectivity index (χ3n) is 0.872. The Morgan fingerprint density at radius 3 is 2.70 bits per heavy atom. The van der Waals surface area contributed by atoms with E-state index in [1.807, 2.05) is 0 Å². The van der Waals surface area contributed by atoms with Crippen molar-refractivity contribution in [1.82, 2.24) is 9.97 Å². The van der Waals surface area contributed by atoms with E-state index in [0.717, 1.165) is 0 Å². The molecule has 10 heavy (non-hydrogen) atoms. The van der Waals surface area contributed by atoms with E-state index in [-0.39, 0.29) is 11.5 Å². The maximum Gasteiger partial charge on any atom is 0.236 e. The zero-order chi connectivity index (χ0) is 7.56. The van der Waals surface area contributed by atoms with E-state index in [1.54, 1.807) is 0 Å². The van der Waals surface area contributed by atoms with E-state index in [9.17, 15) is 4.79 Å². The summed E-state index contributed by atoms with van der Waals surface area (Å²) < 4.78 is 0. The summed E-state index contributed by atoms with van der Waals surface area (Å²) in [6.45, 7) is 0. The fourth-order valence-corrected chi connectivity index (χ4v) is 0.592. The van der Waals surface area contributed by atoms with Crippen molar-refractivity contribution in [3.63, 3.8) is 0 Å². The first kappa shape index (κ1) is 7.01. The summed E-state index contributed by atoms with van der Waals surface area (Å²) in [6.07, 6.45) is 2.67. The van der Waals surface area contributed by atoms with E-state index < -0.39 is 5.12 Å².